The number of sulfonamides is 1. The van der Waals surface area contributed by atoms with Gasteiger partial charge >= 0.3 is 0 Å². The number of anilines is 1. The third-order valence-electron chi connectivity index (χ3n) is 5.55. The fourth-order valence-electron chi connectivity index (χ4n) is 4.17. The summed E-state index contributed by atoms with van der Waals surface area (Å²) >= 11 is 0. The van der Waals surface area contributed by atoms with Crippen molar-refractivity contribution in [1.29, 1.82) is 0 Å². The van der Waals surface area contributed by atoms with Crippen LogP contribution in [0.2, 0.25) is 0 Å². The first kappa shape index (κ1) is 20.5. The highest BCUT2D eigenvalue weighted by atomic mass is 32.2. The molecule has 7 nitrogen and oxygen atoms in total. The molecule has 0 spiro atoms. The molecule has 0 bridgehead atoms. The van der Waals surface area contributed by atoms with Gasteiger partial charge in [-0.25, -0.2) is 8.42 Å². The van der Waals surface area contributed by atoms with Crippen molar-refractivity contribution in [2.75, 3.05) is 23.8 Å². The fraction of sp³-hybridized carbons (Fsp3) is 0.409. The molecule has 2 unspecified atom stereocenters. The van der Waals surface area contributed by atoms with Crippen molar-refractivity contribution in [3.05, 3.63) is 53.6 Å². The van der Waals surface area contributed by atoms with E-state index in [4.69, 9.17) is 9.47 Å². The highest BCUT2D eigenvalue weighted by molar-refractivity contribution is 7.92. The smallest absolute Gasteiger partial charge is 0.244 e. The van der Waals surface area contributed by atoms with Crippen LogP contribution in [0.1, 0.15) is 36.9 Å². The average molecular weight is 431 g/mol. The van der Waals surface area contributed by atoms with Crippen LogP contribution in [0.5, 0.6) is 11.5 Å². The van der Waals surface area contributed by atoms with Crippen LogP contribution in [0.25, 0.3) is 0 Å². The summed E-state index contributed by atoms with van der Waals surface area (Å²) in [5, 5.41) is 3.06. The second-order valence-corrected chi connectivity index (χ2v) is 9.57. The molecule has 0 saturated heterocycles. The van der Waals surface area contributed by atoms with Crippen LogP contribution < -0.4 is 19.1 Å². The Balaban J connectivity index is 1.59. The topological polar surface area (TPSA) is 84.9 Å². The standard InChI is InChI=1S/C22H26N2O5S/c1-15(22(25)23-19-9-5-7-16-6-3-4-8-18(16)19)24(30(2,26)27)17-10-11-20-21(14-17)29-13-12-28-20/h3-4,6,8,10-11,14-15,19H,5,7,9,12-13H2,1-2H3,(H,23,25). The molecule has 1 aliphatic heterocycles. The molecule has 8 heteroatoms. The van der Waals surface area contributed by atoms with Crippen molar-refractivity contribution in [2.24, 2.45) is 0 Å². The summed E-state index contributed by atoms with van der Waals surface area (Å²) in [6.45, 7) is 2.44. The summed E-state index contributed by atoms with van der Waals surface area (Å²) in [7, 11) is -3.71. The number of hydrogen-bond donors (Lipinski definition) is 1. The van der Waals surface area contributed by atoms with E-state index in [2.05, 4.69) is 11.4 Å². The third-order valence-corrected chi connectivity index (χ3v) is 6.80. The Morgan fingerprint density at radius 1 is 1.13 bits per heavy atom. The minimum Gasteiger partial charge on any atom is -0.486 e. The molecule has 0 fully saturated rings. The van der Waals surface area contributed by atoms with Gasteiger partial charge in [0, 0.05) is 6.07 Å². The molecule has 1 heterocycles. The van der Waals surface area contributed by atoms with Gasteiger partial charge in [-0.05, 0) is 49.4 Å². The van der Waals surface area contributed by atoms with Crippen LogP contribution in [0.4, 0.5) is 5.69 Å². The molecule has 1 N–H and O–H groups in total. The summed E-state index contributed by atoms with van der Waals surface area (Å²) in [5.41, 5.74) is 2.71. The molecule has 30 heavy (non-hydrogen) atoms. The SMILES string of the molecule is CC(C(=O)NC1CCCc2ccccc21)N(c1ccc2c(c1)OCCO2)S(C)(=O)=O. The molecule has 2 atom stereocenters. The van der Waals surface area contributed by atoms with E-state index in [1.54, 1.807) is 25.1 Å². The Labute approximate surface area is 177 Å². The largest absolute Gasteiger partial charge is 0.486 e. The number of carbonyl (C=O) groups excluding carboxylic acids is 1. The quantitative estimate of drug-likeness (QED) is 0.789. The molecule has 0 aromatic heterocycles. The molecule has 0 saturated carbocycles. The Kier molecular flexibility index (Phi) is 5.60. The van der Waals surface area contributed by atoms with Gasteiger partial charge in [0.05, 0.1) is 18.0 Å². The molecular weight excluding hydrogens is 404 g/mol. The number of fused-ring (bicyclic) bond motifs is 2. The number of aryl methyl sites for hydroxylation is 1. The predicted octanol–water partition coefficient (Wildman–Crippen LogP) is 2.81. The highest BCUT2D eigenvalue weighted by Gasteiger charge is 2.32. The van der Waals surface area contributed by atoms with Gasteiger partial charge in [-0.1, -0.05) is 24.3 Å². The van der Waals surface area contributed by atoms with Crippen molar-refractivity contribution in [2.45, 2.75) is 38.3 Å². The minimum absolute atomic E-state index is 0.119. The Morgan fingerprint density at radius 2 is 1.87 bits per heavy atom. The zero-order valence-electron chi connectivity index (χ0n) is 17.1. The summed E-state index contributed by atoms with van der Waals surface area (Å²) in [4.78, 5) is 13.1. The number of hydrogen-bond acceptors (Lipinski definition) is 5. The van der Waals surface area contributed by atoms with Crippen molar-refractivity contribution in [1.82, 2.24) is 5.32 Å². The molecule has 2 aliphatic rings. The van der Waals surface area contributed by atoms with Gasteiger partial charge < -0.3 is 14.8 Å². The van der Waals surface area contributed by atoms with E-state index >= 15 is 0 Å². The molecule has 2 aromatic carbocycles. The number of amides is 1. The van der Waals surface area contributed by atoms with E-state index in [0.29, 0.717) is 30.4 Å². The maximum atomic E-state index is 13.1. The zero-order chi connectivity index (χ0) is 21.3. The molecule has 2 aromatic rings. The van der Waals surface area contributed by atoms with Crippen LogP contribution in [0, 0.1) is 0 Å². The van der Waals surface area contributed by atoms with Crippen molar-refractivity contribution < 1.29 is 22.7 Å². The number of nitrogens with one attached hydrogen (secondary N) is 1. The van der Waals surface area contributed by atoms with E-state index < -0.39 is 16.1 Å². The normalized spacial score (nSPS) is 18.8. The predicted molar refractivity (Wildman–Crippen MR) is 114 cm³/mol. The molecule has 0 radical (unpaired) electrons. The lowest BCUT2D eigenvalue weighted by atomic mass is 9.87. The first-order chi connectivity index (χ1) is 14.3. The first-order valence-corrected chi connectivity index (χ1v) is 12.0. The number of rotatable bonds is 5. The summed E-state index contributed by atoms with van der Waals surface area (Å²) in [6, 6.07) is 11.9. The van der Waals surface area contributed by atoms with E-state index in [9.17, 15) is 13.2 Å². The molecule has 160 valence electrons. The number of carbonyl (C=O) groups is 1. The number of benzene rings is 2. The first-order valence-electron chi connectivity index (χ1n) is 10.1. The van der Waals surface area contributed by atoms with Gasteiger partial charge in [0.15, 0.2) is 11.5 Å². The van der Waals surface area contributed by atoms with Crippen molar-refractivity contribution in [3.63, 3.8) is 0 Å². The number of ether oxygens (including phenoxy) is 2. The highest BCUT2D eigenvalue weighted by Crippen LogP contribution is 2.36. The van der Waals surface area contributed by atoms with Gasteiger partial charge in [-0.3, -0.25) is 9.10 Å². The fourth-order valence-corrected chi connectivity index (χ4v) is 5.34. The second kappa shape index (κ2) is 8.18. The number of nitrogens with zero attached hydrogens (tertiary/aromatic N) is 1. The van der Waals surface area contributed by atoms with Gasteiger partial charge in [0.1, 0.15) is 19.3 Å². The molecule has 1 amide bonds. The van der Waals surface area contributed by atoms with Crippen LogP contribution in [-0.4, -0.2) is 39.8 Å². The lowest BCUT2D eigenvalue weighted by Gasteiger charge is -2.32. The van der Waals surface area contributed by atoms with E-state index in [0.717, 1.165) is 35.4 Å². The zero-order valence-corrected chi connectivity index (χ0v) is 17.9. The van der Waals surface area contributed by atoms with Crippen LogP contribution in [-0.2, 0) is 21.2 Å². The second-order valence-electron chi connectivity index (χ2n) is 7.71. The molecule has 1 aliphatic carbocycles. The van der Waals surface area contributed by atoms with Crippen LogP contribution in [0.3, 0.4) is 0 Å². The van der Waals surface area contributed by atoms with Gasteiger partial charge in [-0.15, -0.1) is 0 Å². The monoisotopic (exact) mass is 430 g/mol. The van der Waals surface area contributed by atoms with Gasteiger partial charge in [-0.2, -0.15) is 0 Å². The third kappa shape index (κ3) is 4.09. The molecular formula is C22H26N2O5S. The average Bonchev–Trinajstić information content (AvgIpc) is 2.73. The summed E-state index contributed by atoms with van der Waals surface area (Å²) in [6.07, 6.45) is 3.90. The van der Waals surface area contributed by atoms with Gasteiger partial charge in [0.25, 0.3) is 0 Å². The van der Waals surface area contributed by atoms with E-state index in [-0.39, 0.29) is 11.9 Å². The Bertz CT molecular complexity index is 1050. The Morgan fingerprint density at radius 3 is 2.63 bits per heavy atom. The Hall–Kier alpha value is -2.74. The molecule has 4 rings (SSSR count). The van der Waals surface area contributed by atoms with Crippen LogP contribution >= 0.6 is 0 Å². The van der Waals surface area contributed by atoms with E-state index in [1.807, 2.05) is 18.2 Å². The lowest BCUT2D eigenvalue weighted by molar-refractivity contribution is -0.122. The maximum Gasteiger partial charge on any atom is 0.244 e. The van der Waals surface area contributed by atoms with Crippen molar-refractivity contribution in [3.8, 4) is 11.5 Å². The minimum atomic E-state index is -3.71. The van der Waals surface area contributed by atoms with Crippen LogP contribution in [0.15, 0.2) is 42.5 Å². The van der Waals surface area contributed by atoms with Crippen molar-refractivity contribution >= 4 is 21.6 Å². The summed E-state index contributed by atoms with van der Waals surface area (Å²) < 4.78 is 37.4. The summed E-state index contributed by atoms with van der Waals surface area (Å²) in [5.74, 6) is 0.701. The van der Waals surface area contributed by atoms with E-state index in [1.165, 1.54) is 5.56 Å². The maximum absolute atomic E-state index is 13.1. The van der Waals surface area contributed by atoms with Gasteiger partial charge in [0.2, 0.25) is 15.9 Å². The lowest BCUT2D eigenvalue weighted by Crippen LogP contribution is -2.49.